The molecule has 2 nitrogen and oxygen atoms in total. The van der Waals surface area contributed by atoms with Crippen LogP contribution >= 0.6 is 38.9 Å². The van der Waals surface area contributed by atoms with Crippen molar-refractivity contribution < 1.29 is 9.50 Å². The summed E-state index contributed by atoms with van der Waals surface area (Å²) in [5.74, 6) is -0.536. The number of aliphatic hydroxyl groups excluding tert-OH is 1. The van der Waals surface area contributed by atoms with E-state index >= 15 is 0 Å². The molecule has 1 heterocycles. The van der Waals surface area contributed by atoms with E-state index in [-0.39, 0.29) is 5.56 Å². The second-order valence-electron chi connectivity index (χ2n) is 3.08. The van der Waals surface area contributed by atoms with E-state index in [0.29, 0.717) is 14.6 Å². The van der Waals surface area contributed by atoms with E-state index in [1.807, 2.05) is 0 Å². The maximum atomic E-state index is 13.5. The topological polar surface area (TPSA) is 33.1 Å². The van der Waals surface area contributed by atoms with Gasteiger partial charge in [0.25, 0.3) is 0 Å². The summed E-state index contributed by atoms with van der Waals surface area (Å²) < 4.78 is 14.1. The molecular weight excluding hydrogens is 317 g/mol. The van der Waals surface area contributed by atoms with Crippen LogP contribution in [0.3, 0.4) is 0 Å². The number of thiazole rings is 1. The van der Waals surface area contributed by atoms with Crippen LogP contribution < -0.4 is 0 Å². The molecule has 84 valence electrons. The Morgan fingerprint density at radius 1 is 1.50 bits per heavy atom. The zero-order valence-corrected chi connectivity index (χ0v) is 11.0. The summed E-state index contributed by atoms with van der Waals surface area (Å²) in [7, 11) is 0. The molecule has 1 N–H and O–H groups in total. The Morgan fingerprint density at radius 2 is 2.25 bits per heavy atom. The van der Waals surface area contributed by atoms with Crippen LogP contribution in [0, 0.1) is 5.82 Å². The van der Waals surface area contributed by atoms with Gasteiger partial charge in [-0.05, 0) is 28.1 Å². The minimum Gasteiger partial charge on any atom is -0.381 e. The highest BCUT2D eigenvalue weighted by Gasteiger charge is 2.18. The average Bonchev–Trinajstić information content (AvgIpc) is 2.64. The van der Waals surface area contributed by atoms with Crippen LogP contribution in [0.1, 0.15) is 16.7 Å². The largest absolute Gasteiger partial charge is 0.381 e. The predicted octanol–water partition coefficient (Wildman–Crippen LogP) is 3.78. The number of halogens is 3. The number of aromatic nitrogens is 1. The minimum atomic E-state index is -1.06. The maximum Gasteiger partial charge on any atom is 0.133 e. The van der Waals surface area contributed by atoms with Crippen molar-refractivity contribution in [3.05, 3.63) is 49.6 Å². The monoisotopic (exact) mass is 321 g/mol. The van der Waals surface area contributed by atoms with Gasteiger partial charge >= 0.3 is 0 Å². The first kappa shape index (κ1) is 12.0. The summed E-state index contributed by atoms with van der Waals surface area (Å²) in [5, 5.41) is 12.4. The summed E-state index contributed by atoms with van der Waals surface area (Å²) in [6.45, 7) is 0. The van der Waals surface area contributed by atoms with Gasteiger partial charge in [0.15, 0.2) is 0 Å². The molecule has 16 heavy (non-hydrogen) atoms. The quantitative estimate of drug-likeness (QED) is 0.913. The fraction of sp³-hybridized carbons (Fsp3) is 0.100. The highest BCUT2D eigenvalue weighted by molar-refractivity contribution is 9.10. The zero-order valence-electron chi connectivity index (χ0n) is 7.82. The Labute approximate surface area is 109 Å². The van der Waals surface area contributed by atoms with Gasteiger partial charge in [-0.3, -0.25) is 0 Å². The molecule has 2 aromatic rings. The van der Waals surface area contributed by atoms with Gasteiger partial charge in [0.05, 0.1) is 0 Å². The molecule has 1 aromatic carbocycles. The lowest BCUT2D eigenvalue weighted by Crippen LogP contribution is -2.01. The lowest BCUT2D eigenvalue weighted by Gasteiger charge is -2.08. The molecule has 1 aromatic heterocycles. The minimum absolute atomic E-state index is 0.172. The van der Waals surface area contributed by atoms with Gasteiger partial charge in [0, 0.05) is 16.0 Å². The molecule has 0 aliphatic carbocycles. The van der Waals surface area contributed by atoms with Crippen molar-refractivity contribution in [3.63, 3.8) is 0 Å². The number of nitrogens with zero attached hydrogens (tertiary/aromatic N) is 1. The Kier molecular flexibility index (Phi) is 3.59. The number of benzene rings is 1. The summed E-state index contributed by atoms with van der Waals surface area (Å²) in [5.41, 5.74) is 0.172. The van der Waals surface area contributed by atoms with E-state index in [1.165, 1.54) is 29.5 Å². The molecule has 0 saturated carbocycles. The number of hydrogen-bond acceptors (Lipinski definition) is 3. The fourth-order valence-electron chi connectivity index (χ4n) is 1.25. The van der Waals surface area contributed by atoms with Gasteiger partial charge in [0.2, 0.25) is 0 Å². The molecule has 0 saturated heterocycles. The Hall–Kier alpha value is -0.490. The van der Waals surface area contributed by atoms with E-state index in [0.717, 1.165) is 0 Å². The first-order chi connectivity index (χ1) is 7.58. The molecule has 1 atom stereocenters. The molecule has 0 fully saturated rings. The molecule has 0 aliphatic heterocycles. The molecule has 6 heteroatoms. The summed E-state index contributed by atoms with van der Waals surface area (Å²) >= 11 is 10.1. The van der Waals surface area contributed by atoms with E-state index < -0.39 is 11.9 Å². The lowest BCUT2D eigenvalue weighted by molar-refractivity contribution is 0.214. The van der Waals surface area contributed by atoms with Crippen molar-refractivity contribution in [2.45, 2.75) is 6.10 Å². The Morgan fingerprint density at radius 3 is 2.81 bits per heavy atom. The van der Waals surface area contributed by atoms with Crippen molar-refractivity contribution in [2.75, 3.05) is 0 Å². The molecule has 0 bridgehead atoms. The second-order valence-corrected chi connectivity index (χ2v) is 5.22. The molecule has 0 spiro atoms. The normalized spacial score (nSPS) is 12.8. The van der Waals surface area contributed by atoms with Crippen LogP contribution in [0.2, 0.25) is 5.02 Å². The van der Waals surface area contributed by atoms with Crippen LogP contribution in [-0.4, -0.2) is 10.1 Å². The van der Waals surface area contributed by atoms with Crippen LogP contribution in [0.4, 0.5) is 4.39 Å². The smallest absolute Gasteiger partial charge is 0.133 e. The van der Waals surface area contributed by atoms with Gasteiger partial charge in [-0.2, -0.15) is 0 Å². The first-order valence-corrected chi connectivity index (χ1v) is 6.37. The van der Waals surface area contributed by atoms with Gasteiger partial charge in [0.1, 0.15) is 21.5 Å². The molecule has 0 aliphatic rings. The van der Waals surface area contributed by atoms with Gasteiger partial charge in [-0.15, -0.1) is 11.3 Å². The van der Waals surface area contributed by atoms with E-state index in [1.54, 1.807) is 5.38 Å². The van der Waals surface area contributed by atoms with Gasteiger partial charge < -0.3 is 5.11 Å². The summed E-state index contributed by atoms with van der Waals surface area (Å²) in [6.07, 6.45) is -1.06. The number of hydrogen-bond donors (Lipinski definition) is 1. The van der Waals surface area contributed by atoms with Gasteiger partial charge in [-0.1, -0.05) is 17.7 Å². The molecular formula is C10H6BrClFNOS. The maximum absolute atomic E-state index is 13.5. The van der Waals surface area contributed by atoms with E-state index in [9.17, 15) is 9.50 Å². The second kappa shape index (κ2) is 4.79. The van der Waals surface area contributed by atoms with E-state index in [2.05, 4.69) is 20.9 Å². The SMILES string of the molecule is OC(c1nc(Br)cs1)c1ccc(Cl)cc1F. The molecule has 1 unspecified atom stereocenters. The first-order valence-electron chi connectivity index (χ1n) is 4.32. The van der Waals surface area contributed by atoms with Crippen LogP contribution in [0.25, 0.3) is 0 Å². The van der Waals surface area contributed by atoms with Crippen LogP contribution in [-0.2, 0) is 0 Å². The fourth-order valence-corrected chi connectivity index (χ4v) is 2.67. The zero-order chi connectivity index (χ0) is 11.7. The Bertz CT molecular complexity index is 519. The van der Waals surface area contributed by atoms with Crippen LogP contribution in [0.5, 0.6) is 0 Å². The summed E-state index contributed by atoms with van der Waals surface area (Å²) in [4.78, 5) is 4.04. The molecule has 0 radical (unpaired) electrons. The lowest BCUT2D eigenvalue weighted by atomic mass is 10.1. The predicted molar refractivity (Wildman–Crippen MR) is 65.3 cm³/mol. The number of aliphatic hydroxyl groups is 1. The van der Waals surface area contributed by atoms with Crippen molar-refractivity contribution in [1.29, 1.82) is 0 Å². The third kappa shape index (κ3) is 2.43. The van der Waals surface area contributed by atoms with E-state index in [4.69, 9.17) is 11.6 Å². The van der Waals surface area contributed by atoms with Crippen molar-refractivity contribution in [3.8, 4) is 0 Å². The highest BCUT2D eigenvalue weighted by atomic mass is 79.9. The van der Waals surface area contributed by atoms with Gasteiger partial charge in [-0.25, -0.2) is 9.37 Å². The molecule has 2 rings (SSSR count). The Balaban J connectivity index is 2.37. The molecule has 0 amide bonds. The van der Waals surface area contributed by atoms with Crippen molar-refractivity contribution >= 4 is 38.9 Å². The standard InChI is InChI=1S/C10H6BrClFNOS/c11-8-4-16-10(14-8)9(15)6-2-1-5(12)3-7(6)13/h1-4,9,15H. The number of rotatable bonds is 2. The average molecular weight is 323 g/mol. The van der Waals surface area contributed by atoms with Crippen LogP contribution in [0.15, 0.2) is 28.2 Å². The summed E-state index contributed by atoms with van der Waals surface area (Å²) in [6, 6.07) is 4.16. The third-order valence-corrected chi connectivity index (χ3v) is 3.83. The van der Waals surface area contributed by atoms with Crippen molar-refractivity contribution in [1.82, 2.24) is 4.98 Å². The third-order valence-electron chi connectivity index (χ3n) is 1.98. The van der Waals surface area contributed by atoms with Crippen molar-refractivity contribution in [2.24, 2.45) is 0 Å². The highest BCUT2D eigenvalue weighted by Crippen LogP contribution is 2.29.